The maximum absolute atomic E-state index is 13.5. The van der Waals surface area contributed by atoms with Crippen LogP contribution in [0.2, 0.25) is 0 Å². The van der Waals surface area contributed by atoms with E-state index < -0.39 is 6.09 Å². The van der Waals surface area contributed by atoms with Crippen LogP contribution < -0.4 is 0 Å². The molecule has 2 N–H and O–H groups in total. The van der Waals surface area contributed by atoms with Gasteiger partial charge in [-0.05, 0) is 73.1 Å². The predicted molar refractivity (Wildman–Crippen MR) is 139 cm³/mol. The maximum Gasteiger partial charge on any atom is 0.407 e. The van der Waals surface area contributed by atoms with E-state index in [1.54, 1.807) is 4.90 Å². The number of benzene rings is 1. The smallest absolute Gasteiger partial charge is 0.407 e. The number of fused-ring (bicyclic) bond motifs is 2. The summed E-state index contributed by atoms with van der Waals surface area (Å²) in [6.45, 7) is 7.46. The molecule has 2 atom stereocenters. The van der Waals surface area contributed by atoms with E-state index in [4.69, 9.17) is 4.74 Å². The number of urea groups is 1. The summed E-state index contributed by atoms with van der Waals surface area (Å²) in [5, 5.41) is 11.0. The van der Waals surface area contributed by atoms with Crippen LogP contribution in [-0.4, -0.2) is 80.8 Å². The Labute approximate surface area is 216 Å². The highest BCUT2D eigenvalue weighted by molar-refractivity contribution is 5.85. The van der Waals surface area contributed by atoms with Crippen molar-refractivity contribution < 1.29 is 19.4 Å². The number of hydrogen-bond donors (Lipinski definition) is 2. The lowest BCUT2D eigenvalue weighted by Crippen LogP contribution is -2.53. The van der Waals surface area contributed by atoms with Gasteiger partial charge in [-0.1, -0.05) is 6.07 Å². The Balaban J connectivity index is 1.41. The molecule has 2 saturated heterocycles. The summed E-state index contributed by atoms with van der Waals surface area (Å²) < 4.78 is 5.53. The van der Waals surface area contributed by atoms with Crippen molar-refractivity contribution in [2.45, 2.75) is 51.7 Å². The topological polar surface area (TPSA) is 102 Å². The van der Waals surface area contributed by atoms with E-state index in [9.17, 15) is 14.7 Å². The minimum atomic E-state index is -0.890. The SMILES string of the molecule is Cc1c[nH]c2ncc(-c3cc4c(c([C@@H]5CCCN5C(=O)O)c3)CN(C(=O)N3CCOC[C@@H]3C)CC4)cc12. The van der Waals surface area contributed by atoms with Crippen molar-refractivity contribution in [1.29, 1.82) is 0 Å². The summed E-state index contributed by atoms with van der Waals surface area (Å²) in [5.74, 6) is 0. The quantitative estimate of drug-likeness (QED) is 0.534. The standard InChI is InChI=1S/C28H33N5O4/c1-17-13-29-26-22(17)12-21(14-30-26)20-10-19-5-7-31(27(34)32-8-9-37-16-18(32)2)15-24(19)23(11-20)25-4-3-6-33(25)28(35)36/h10-14,18,25H,3-9,15-16H2,1-2H3,(H,29,30)(H,35,36)/t18-,25-/m0/s1. The summed E-state index contributed by atoms with van der Waals surface area (Å²) in [5.41, 5.74) is 7.36. The van der Waals surface area contributed by atoms with Crippen LogP contribution >= 0.6 is 0 Å². The second kappa shape index (κ2) is 9.37. The lowest BCUT2D eigenvalue weighted by Gasteiger charge is -2.40. The first kappa shape index (κ1) is 23.8. The fourth-order valence-electron chi connectivity index (χ4n) is 6.13. The number of nitrogens with one attached hydrogen (secondary N) is 1. The van der Waals surface area contributed by atoms with Gasteiger partial charge in [0, 0.05) is 49.5 Å². The number of carbonyl (C=O) groups excluding carboxylic acids is 1. The Kier molecular flexibility index (Phi) is 6.03. The van der Waals surface area contributed by atoms with Gasteiger partial charge in [-0.25, -0.2) is 14.6 Å². The summed E-state index contributed by atoms with van der Waals surface area (Å²) in [6, 6.07) is 6.37. The molecule has 9 heteroatoms. The Bertz CT molecular complexity index is 1370. The number of carboxylic acid groups (broad SMARTS) is 1. The molecule has 3 aliphatic heterocycles. The van der Waals surface area contributed by atoms with Gasteiger partial charge in [0.1, 0.15) is 5.65 Å². The molecule has 0 spiro atoms. The fourth-order valence-corrected chi connectivity index (χ4v) is 6.13. The Hall–Kier alpha value is -3.59. The molecule has 37 heavy (non-hydrogen) atoms. The van der Waals surface area contributed by atoms with Gasteiger partial charge in [0.05, 0.1) is 25.3 Å². The number of nitrogens with zero attached hydrogens (tertiary/aromatic N) is 4. The van der Waals surface area contributed by atoms with Crippen molar-refractivity contribution in [3.05, 3.63) is 52.8 Å². The minimum Gasteiger partial charge on any atom is -0.465 e. The molecule has 0 aliphatic carbocycles. The molecule has 1 aromatic carbocycles. The predicted octanol–water partition coefficient (Wildman–Crippen LogP) is 4.55. The zero-order chi connectivity index (χ0) is 25.7. The normalized spacial score (nSPS) is 21.9. The number of aromatic nitrogens is 2. The Morgan fingerprint density at radius 3 is 2.81 bits per heavy atom. The molecule has 9 nitrogen and oxygen atoms in total. The van der Waals surface area contributed by atoms with Crippen LogP contribution in [0.4, 0.5) is 9.59 Å². The van der Waals surface area contributed by atoms with Crippen molar-refractivity contribution in [3.8, 4) is 11.1 Å². The van der Waals surface area contributed by atoms with Crippen LogP contribution in [0, 0.1) is 6.92 Å². The van der Waals surface area contributed by atoms with Crippen LogP contribution in [0.1, 0.15) is 48.1 Å². The Morgan fingerprint density at radius 2 is 2.00 bits per heavy atom. The highest BCUT2D eigenvalue weighted by Crippen LogP contribution is 2.40. The summed E-state index contributed by atoms with van der Waals surface area (Å²) in [7, 11) is 0. The third-order valence-electron chi connectivity index (χ3n) is 8.19. The van der Waals surface area contributed by atoms with Gasteiger partial charge in [0.15, 0.2) is 0 Å². The lowest BCUT2D eigenvalue weighted by molar-refractivity contribution is 0.00932. The van der Waals surface area contributed by atoms with E-state index in [1.165, 1.54) is 5.56 Å². The van der Waals surface area contributed by atoms with Gasteiger partial charge in [0.2, 0.25) is 0 Å². The number of hydrogen-bond acceptors (Lipinski definition) is 4. The molecular formula is C28H33N5O4. The number of carbonyl (C=O) groups is 2. The third kappa shape index (κ3) is 4.21. The van der Waals surface area contributed by atoms with Crippen LogP contribution in [-0.2, 0) is 17.7 Å². The van der Waals surface area contributed by atoms with Crippen molar-refractivity contribution in [1.82, 2.24) is 24.7 Å². The number of aryl methyl sites for hydroxylation is 1. The number of H-pyrrole nitrogens is 1. The van der Waals surface area contributed by atoms with Crippen LogP contribution in [0.3, 0.4) is 0 Å². The maximum atomic E-state index is 13.5. The summed E-state index contributed by atoms with van der Waals surface area (Å²) >= 11 is 0. The molecule has 194 valence electrons. The van der Waals surface area contributed by atoms with E-state index in [-0.39, 0.29) is 18.1 Å². The van der Waals surface area contributed by atoms with Gasteiger partial charge < -0.3 is 29.5 Å². The van der Waals surface area contributed by atoms with E-state index in [0.29, 0.717) is 39.4 Å². The number of ether oxygens (including phenoxy) is 1. The second-order valence-corrected chi connectivity index (χ2v) is 10.5. The number of amides is 3. The molecule has 3 aliphatic rings. The highest BCUT2D eigenvalue weighted by atomic mass is 16.5. The van der Waals surface area contributed by atoms with E-state index in [1.807, 2.05) is 29.1 Å². The highest BCUT2D eigenvalue weighted by Gasteiger charge is 2.36. The van der Waals surface area contributed by atoms with Crippen molar-refractivity contribution in [3.63, 3.8) is 0 Å². The monoisotopic (exact) mass is 503 g/mol. The molecule has 0 bridgehead atoms. The first-order valence-electron chi connectivity index (χ1n) is 13.1. The van der Waals surface area contributed by atoms with E-state index >= 15 is 0 Å². The van der Waals surface area contributed by atoms with Gasteiger partial charge in [-0.2, -0.15) is 0 Å². The molecular weight excluding hydrogens is 470 g/mol. The van der Waals surface area contributed by atoms with Crippen LogP contribution in [0.25, 0.3) is 22.2 Å². The number of likely N-dealkylation sites (tertiary alicyclic amines) is 1. The van der Waals surface area contributed by atoms with Gasteiger partial charge in [-0.15, -0.1) is 0 Å². The number of rotatable bonds is 2. The second-order valence-electron chi connectivity index (χ2n) is 10.5. The fraction of sp³-hybridized carbons (Fsp3) is 0.464. The summed E-state index contributed by atoms with van der Waals surface area (Å²) in [6.07, 6.45) is 5.30. The molecule has 0 unspecified atom stereocenters. The first-order valence-corrected chi connectivity index (χ1v) is 13.1. The average molecular weight is 504 g/mol. The lowest BCUT2D eigenvalue weighted by atomic mass is 9.87. The zero-order valence-electron chi connectivity index (χ0n) is 21.4. The van der Waals surface area contributed by atoms with E-state index in [0.717, 1.165) is 58.1 Å². The van der Waals surface area contributed by atoms with Gasteiger partial charge in [-0.3, -0.25) is 0 Å². The van der Waals surface area contributed by atoms with Gasteiger partial charge >= 0.3 is 12.1 Å². The van der Waals surface area contributed by atoms with Crippen molar-refractivity contribution >= 4 is 23.2 Å². The molecule has 3 aromatic rings. The summed E-state index contributed by atoms with van der Waals surface area (Å²) in [4.78, 5) is 38.8. The minimum absolute atomic E-state index is 0.0376. The van der Waals surface area contributed by atoms with Gasteiger partial charge in [0.25, 0.3) is 0 Å². The average Bonchev–Trinajstić information content (AvgIpc) is 3.55. The zero-order valence-corrected chi connectivity index (χ0v) is 21.4. The largest absolute Gasteiger partial charge is 0.465 e. The van der Waals surface area contributed by atoms with Crippen molar-refractivity contribution in [2.24, 2.45) is 0 Å². The molecule has 3 amide bonds. The van der Waals surface area contributed by atoms with Crippen LogP contribution in [0.15, 0.2) is 30.6 Å². The molecule has 6 rings (SSSR count). The Morgan fingerprint density at radius 1 is 1.14 bits per heavy atom. The molecule has 2 aromatic heterocycles. The van der Waals surface area contributed by atoms with E-state index in [2.05, 4.69) is 35.1 Å². The number of pyridine rings is 1. The number of morpholine rings is 1. The van der Waals surface area contributed by atoms with Crippen LogP contribution in [0.5, 0.6) is 0 Å². The molecule has 5 heterocycles. The molecule has 0 radical (unpaired) electrons. The number of aromatic amines is 1. The third-order valence-corrected chi connectivity index (χ3v) is 8.19. The molecule has 2 fully saturated rings. The first-order chi connectivity index (χ1) is 17.9. The van der Waals surface area contributed by atoms with Crippen molar-refractivity contribution in [2.75, 3.05) is 32.8 Å². The molecule has 0 saturated carbocycles.